The fraction of sp³-hybridized carbons (Fsp3) is 0.188. The highest BCUT2D eigenvalue weighted by molar-refractivity contribution is 7.86. The summed E-state index contributed by atoms with van der Waals surface area (Å²) in [6.07, 6.45) is 0.912. The smallest absolute Gasteiger partial charge is 0.306 e. The van der Waals surface area contributed by atoms with Crippen molar-refractivity contribution in [2.24, 2.45) is 0 Å². The molecule has 0 aliphatic heterocycles. The highest BCUT2D eigenvalue weighted by atomic mass is 32.2. The first-order chi connectivity index (χ1) is 10.7. The molecule has 2 aromatic carbocycles. The Hall–Kier alpha value is -2.41. The minimum absolute atomic E-state index is 0.0240. The van der Waals surface area contributed by atoms with Crippen LogP contribution in [0.15, 0.2) is 42.5 Å². The van der Waals surface area contributed by atoms with E-state index in [-0.39, 0.29) is 23.7 Å². The Bertz CT molecular complexity index is 816. The van der Waals surface area contributed by atoms with E-state index < -0.39 is 16.0 Å². The van der Waals surface area contributed by atoms with Gasteiger partial charge in [0.1, 0.15) is 5.82 Å². The number of rotatable bonds is 5. The molecule has 0 unspecified atom stereocenters. The van der Waals surface area contributed by atoms with Crippen LogP contribution in [0.5, 0.6) is 5.75 Å². The number of hydrogen-bond donors (Lipinski definition) is 1. The molecular weight excluding hydrogens is 321 g/mol. The molecule has 1 N–H and O–H groups in total. The summed E-state index contributed by atoms with van der Waals surface area (Å²) >= 11 is 0. The van der Waals surface area contributed by atoms with E-state index in [0.717, 1.165) is 17.4 Å². The average molecular weight is 337 g/mol. The third-order valence-electron chi connectivity index (χ3n) is 2.99. The van der Waals surface area contributed by atoms with E-state index in [9.17, 15) is 17.6 Å². The predicted molar refractivity (Wildman–Crippen MR) is 84.2 cm³/mol. The second-order valence-corrected chi connectivity index (χ2v) is 6.67. The van der Waals surface area contributed by atoms with Crippen molar-refractivity contribution >= 4 is 16.0 Å². The predicted octanol–water partition coefficient (Wildman–Crippen LogP) is 2.40. The summed E-state index contributed by atoms with van der Waals surface area (Å²) in [6.45, 7) is 1.95. The summed E-state index contributed by atoms with van der Waals surface area (Å²) in [6, 6.07) is 10.4. The Labute approximate surface area is 134 Å². The van der Waals surface area contributed by atoms with Crippen LogP contribution in [0.2, 0.25) is 0 Å². The Morgan fingerprint density at radius 2 is 1.83 bits per heavy atom. The fourth-order valence-electron chi connectivity index (χ4n) is 1.93. The largest absolute Gasteiger partial charge is 0.382 e. The van der Waals surface area contributed by atoms with Crippen LogP contribution in [0.1, 0.15) is 21.5 Å². The first kappa shape index (κ1) is 17.0. The van der Waals surface area contributed by atoms with E-state index >= 15 is 0 Å². The topological polar surface area (TPSA) is 72.5 Å². The molecule has 122 valence electrons. The van der Waals surface area contributed by atoms with Crippen LogP contribution in [0.25, 0.3) is 0 Å². The van der Waals surface area contributed by atoms with Gasteiger partial charge in [0, 0.05) is 6.54 Å². The van der Waals surface area contributed by atoms with Crippen LogP contribution < -0.4 is 9.50 Å². The van der Waals surface area contributed by atoms with E-state index in [1.54, 1.807) is 25.1 Å². The van der Waals surface area contributed by atoms with Crippen LogP contribution in [0, 0.1) is 12.7 Å². The normalized spacial score (nSPS) is 11.1. The zero-order valence-corrected chi connectivity index (χ0v) is 13.5. The maximum atomic E-state index is 12.8. The van der Waals surface area contributed by atoms with Crippen molar-refractivity contribution in [3.8, 4) is 5.75 Å². The molecule has 7 heteroatoms. The fourth-order valence-corrected chi connectivity index (χ4v) is 2.39. The Balaban J connectivity index is 2.16. The summed E-state index contributed by atoms with van der Waals surface area (Å²) in [5.74, 6) is -0.862. The minimum Gasteiger partial charge on any atom is -0.382 e. The van der Waals surface area contributed by atoms with E-state index in [4.69, 9.17) is 4.18 Å². The maximum Gasteiger partial charge on any atom is 0.306 e. The second kappa shape index (κ2) is 6.78. The number of amides is 1. The Morgan fingerprint density at radius 1 is 1.17 bits per heavy atom. The Kier molecular flexibility index (Phi) is 5.00. The summed E-state index contributed by atoms with van der Waals surface area (Å²) in [5, 5.41) is 2.64. The van der Waals surface area contributed by atoms with Crippen molar-refractivity contribution in [3.63, 3.8) is 0 Å². The highest BCUT2D eigenvalue weighted by Gasteiger charge is 2.16. The average Bonchev–Trinajstić information content (AvgIpc) is 2.45. The molecule has 0 atom stereocenters. The monoisotopic (exact) mass is 337 g/mol. The Morgan fingerprint density at radius 3 is 2.43 bits per heavy atom. The van der Waals surface area contributed by atoms with Gasteiger partial charge in [-0.15, -0.1) is 0 Å². The van der Waals surface area contributed by atoms with Crippen molar-refractivity contribution < 1.29 is 21.8 Å². The summed E-state index contributed by atoms with van der Waals surface area (Å²) in [4.78, 5) is 12.2. The SMILES string of the molecule is Cc1ccc(C(=O)NCc2ccc(F)cc2)c(OS(C)(=O)=O)c1. The first-order valence-electron chi connectivity index (χ1n) is 6.77. The van der Waals surface area contributed by atoms with Gasteiger partial charge in [-0.1, -0.05) is 18.2 Å². The second-order valence-electron chi connectivity index (χ2n) is 5.10. The minimum atomic E-state index is -3.74. The molecule has 0 heterocycles. The molecule has 23 heavy (non-hydrogen) atoms. The molecule has 0 aliphatic rings. The molecule has 0 fully saturated rings. The van der Waals surface area contributed by atoms with E-state index in [2.05, 4.69) is 5.32 Å². The maximum absolute atomic E-state index is 12.8. The molecule has 2 rings (SSSR count). The number of hydrogen-bond acceptors (Lipinski definition) is 4. The third-order valence-corrected chi connectivity index (χ3v) is 3.47. The lowest BCUT2D eigenvalue weighted by Gasteiger charge is -2.11. The third kappa shape index (κ3) is 5.07. The lowest BCUT2D eigenvalue weighted by atomic mass is 10.1. The van der Waals surface area contributed by atoms with E-state index in [1.165, 1.54) is 24.3 Å². The van der Waals surface area contributed by atoms with Crippen molar-refractivity contribution in [2.75, 3.05) is 6.26 Å². The summed E-state index contributed by atoms with van der Waals surface area (Å²) in [5.41, 5.74) is 1.60. The van der Waals surface area contributed by atoms with Crippen LogP contribution >= 0.6 is 0 Å². The number of benzene rings is 2. The van der Waals surface area contributed by atoms with Gasteiger partial charge in [0.15, 0.2) is 5.75 Å². The van der Waals surface area contributed by atoms with Gasteiger partial charge >= 0.3 is 10.1 Å². The van der Waals surface area contributed by atoms with Crippen LogP contribution in [0.3, 0.4) is 0 Å². The molecule has 5 nitrogen and oxygen atoms in total. The van der Waals surface area contributed by atoms with E-state index in [0.29, 0.717) is 0 Å². The highest BCUT2D eigenvalue weighted by Crippen LogP contribution is 2.22. The lowest BCUT2D eigenvalue weighted by molar-refractivity contribution is 0.0949. The van der Waals surface area contributed by atoms with Gasteiger partial charge in [0.05, 0.1) is 11.8 Å². The molecule has 0 saturated heterocycles. The van der Waals surface area contributed by atoms with E-state index in [1.807, 2.05) is 0 Å². The summed E-state index contributed by atoms with van der Waals surface area (Å²) < 4.78 is 40.3. The molecular formula is C16H16FNO4S. The van der Waals surface area contributed by atoms with Gasteiger partial charge in [-0.2, -0.15) is 8.42 Å². The van der Waals surface area contributed by atoms with Gasteiger partial charge in [-0.3, -0.25) is 4.79 Å². The lowest BCUT2D eigenvalue weighted by Crippen LogP contribution is -2.24. The standard InChI is InChI=1S/C16H16FNO4S/c1-11-3-8-14(15(9-11)22-23(2,20)21)16(19)18-10-12-4-6-13(17)7-5-12/h3-9H,10H2,1-2H3,(H,18,19). The van der Waals surface area contributed by atoms with Gasteiger partial charge in [-0.05, 0) is 42.3 Å². The van der Waals surface area contributed by atoms with Crippen LogP contribution in [0.4, 0.5) is 4.39 Å². The van der Waals surface area contributed by atoms with Gasteiger partial charge in [0.25, 0.3) is 5.91 Å². The first-order valence-corrected chi connectivity index (χ1v) is 8.59. The molecule has 0 saturated carbocycles. The zero-order chi connectivity index (χ0) is 17.0. The van der Waals surface area contributed by atoms with Crippen molar-refractivity contribution in [3.05, 3.63) is 65.0 Å². The molecule has 1 amide bonds. The van der Waals surface area contributed by atoms with Gasteiger partial charge in [-0.25, -0.2) is 4.39 Å². The van der Waals surface area contributed by atoms with Crippen molar-refractivity contribution in [1.82, 2.24) is 5.32 Å². The molecule has 0 spiro atoms. The molecule has 2 aromatic rings. The van der Waals surface area contributed by atoms with Gasteiger partial charge < -0.3 is 9.50 Å². The van der Waals surface area contributed by atoms with Crippen LogP contribution in [-0.4, -0.2) is 20.6 Å². The number of carbonyl (C=O) groups excluding carboxylic acids is 1. The zero-order valence-electron chi connectivity index (χ0n) is 12.7. The molecule has 0 aliphatic carbocycles. The molecule has 0 aromatic heterocycles. The van der Waals surface area contributed by atoms with Crippen LogP contribution in [-0.2, 0) is 16.7 Å². The number of aryl methyl sites for hydroxylation is 1. The molecule has 0 bridgehead atoms. The number of nitrogens with one attached hydrogen (secondary N) is 1. The van der Waals surface area contributed by atoms with Crippen molar-refractivity contribution in [2.45, 2.75) is 13.5 Å². The van der Waals surface area contributed by atoms with Crippen molar-refractivity contribution in [1.29, 1.82) is 0 Å². The molecule has 0 radical (unpaired) electrons. The number of halogens is 1. The number of carbonyl (C=O) groups is 1. The summed E-state index contributed by atoms with van der Waals surface area (Å²) in [7, 11) is -3.74. The van der Waals surface area contributed by atoms with Gasteiger partial charge in [0.2, 0.25) is 0 Å². The quantitative estimate of drug-likeness (QED) is 0.851.